The number of hydrogen-bond acceptors (Lipinski definition) is 4. The van der Waals surface area contributed by atoms with Gasteiger partial charge in [0.05, 0.1) is 11.9 Å². The number of anilines is 2. The van der Waals surface area contributed by atoms with E-state index in [9.17, 15) is 13.2 Å². The highest BCUT2D eigenvalue weighted by Crippen LogP contribution is 2.35. The first-order chi connectivity index (χ1) is 12.2. The Morgan fingerprint density at radius 3 is 2.73 bits per heavy atom. The van der Waals surface area contributed by atoms with E-state index in [0.717, 1.165) is 11.8 Å². The maximum Gasteiger partial charge on any atom is 0.265 e. The van der Waals surface area contributed by atoms with Crippen molar-refractivity contribution in [1.82, 2.24) is 0 Å². The van der Waals surface area contributed by atoms with E-state index in [4.69, 9.17) is 16.3 Å². The molecule has 6 nitrogen and oxygen atoms in total. The Kier molecular flexibility index (Phi) is 5.11. The average Bonchev–Trinajstić information content (AvgIpc) is 2.73. The molecule has 0 fully saturated rings. The van der Waals surface area contributed by atoms with E-state index < -0.39 is 16.1 Å². The number of rotatable bonds is 3. The van der Waals surface area contributed by atoms with Crippen molar-refractivity contribution in [3.63, 3.8) is 0 Å². The van der Waals surface area contributed by atoms with Gasteiger partial charge in [-0.25, -0.2) is 8.42 Å². The van der Waals surface area contributed by atoms with E-state index in [2.05, 4.69) is 5.32 Å². The number of benzene rings is 2. The number of halogens is 1. The standard InChI is InChI=1S/C18H19ClN2O4S/c1-12-6-7-16-15(10-12)21(26(2,23)24)9-8-17(25-16)18(22)20-14-5-3-4-13(19)11-14/h3-7,10-11,17H,8-9H2,1-2H3,(H,20,22)/t17-/m1/s1. The summed E-state index contributed by atoms with van der Waals surface area (Å²) < 4.78 is 31.5. The molecule has 0 radical (unpaired) electrons. The third-order valence-electron chi connectivity index (χ3n) is 4.03. The summed E-state index contributed by atoms with van der Waals surface area (Å²) in [6.45, 7) is 2.03. The van der Waals surface area contributed by atoms with E-state index in [1.165, 1.54) is 4.31 Å². The lowest BCUT2D eigenvalue weighted by Crippen LogP contribution is -2.35. The average molecular weight is 395 g/mol. The topological polar surface area (TPSA) is 75.7 Å². The number of aryl methyl sites for hydroxylation is 1. The molecule has 3 rings (SSSR count). The Bertz CT molecular complexity index is 946. The van der Waals surface area contributed by atoms with Crippen molar-refractivity contribution in [1.29, 1.82) is 0 Å². The molecule has 1 atom stereocenters. The minimum atomic E-state index is -3.49. The predicted molar refractivity (Wildman–Crippen MR) is 102 cm³/mol. The van der Waals surface area contributed by atoms with Gasteiger partial charge in [-0.3, -0.25) is 9.10 Å². The van der Waals surface area contributed by atoms with Crippen LogP contribution < -0.4 is 14.4 Å². The van der Waals surface area contributed by atoms with Gasteiger partial charge in [-0.1, -0.05) is 23.7 Å². The summed E-state index contributed by atoms with van der Waals surface area (Å²) in [5.74, 6) is 0.0129. The van der Waals surface area contributed by atoms with Crippen LogP contribution in [-0.4, -0.2) is 33.2 Å². The highest BCUT2D eigenvalue weighted by molar-refractivity contribution is 7.92. The predicted octanol–water partition coefficient (Wildman–Crippen LogP) is 3.20. The van der Waals surface area contributed by atoms with Crippen molar-refractivity contribution >= 4 is 38.9 Å². The normalized spacial score (nSPS) is 17.0. The molecule has 0 saturated heterocycles. The summed E-state index contributed by atoms with van der Waals surface area (Å²) in [6.07, 6.45) is 0.556. The molecule has 0 saturated carbocycles. The summed E-state index contributed by atoms with van der Waals surface area (Å²) in [6, 6.07) is 12.0. The molecule has 2 aromatic rings. The van der Waals surface area contributed by atoms with Crippen LogP contribution in [-0.2, 0) is 14.8 Å². The number of fused-ring (bicyclic) bond motifs is 1. The van der Waals surface area contributed by atoms with Crippen LogP contribution in [0.5, 0.6) is 5.75 Å². The highest BCUT2D eigenvalue weighted by Gasteiger charge is 2.31. The lowest BCUT2D eigenvalue weighted by atomic mass is 10.2. The third-order valence-corrected chi connectivity index (χ3v) is 5.45. The van der Waals surface area contributed by atoms with E-state index >= 15 is 0 Å². The molecule has 1 amide bonds. The first-order valence-corrected chi connectivity index (χ1v) is 10.3. The molecule has 0 unspecified atom stereocenters. The minimum absolute atomic E-state index is 0.156. The van der Waals surface area contributed by atoms with Crippen LogP contribution in [0.25, 0.3) is 0 Å². The molecule has 8 heteroatoms. The van der Waals surface area contributed by atoms with Gasteiger partial charge in [0.15, 0.2) is 6.10 Å². The van der Waals surface area contributed by atoms with Crippen LogP contribution in [0.15, 0.2) is 42.5 Å². The zero-order valence-electron chi connectivity index (χ0n) is 14.4. The van der Waals surface area contributed by atoms with Gasteiger partial charge < -0.3 is 10.1 Å². The summed E-state index contributed by atoms with van der Waals surface area (Å²) in [7, 11) is -3.49. The molecule has 1 N–H and O–H groups in total. The van der Waals surface area contributed by atoms with E-state index in [0.29, 0.717) is 22.1 Å². The number of nitrogens with zero attached hydrogens (tertiary/aromatic N) is 1. The van der Waals surface area contributed by atoms with Gasteiger partial charge in [0.25, 0.3) is 5.91 Å². The molecular weight excluding hydrogens is 376 g/mol. The summed E-state index contributed by atoms with van der Waals surface area (Å²) >= 11 is 5.94. The fourth-order valence-corrected chi connectivity index (χ4v) is 3.93. The second-order valence-electron chi connectivity index (χ2n) is 6.20. The van der Waals surface area contributed by atoms with E-state index in [1.807, 2.05) is 13.0 Å². The number of ether oxygens (including phenoxy) is 1. The third kappa shape index (κ3) is 4.11. The first-order valence-electron chi connectivity index (χ1n) is 8.05. The lowest BCUT2D eigenvalue weighted by molar-refractivity contribution is -0.122. The second kappa shape index (κ2) is 7.17. The Morgan fingerprint density at radius 1 is 1.27 bits per heavy atom. The van der Waals surface area contributed by atoms with Crippen molar-refractivity contribution in [3.05, 3.63) is 53.1 Å². The molecule has 1 heterocycles. The number of nitrogens with one attached hydrogen (secondary N) is 1. The van der Waals surface area contributed by atoms with Gasteiger partial charge in [0, 0.05) is 23.7 Å². The van der Waals surface area contributed by atoms with Crippen molar-refractivity contribution in [2.24, 2.45) is 0 Å². The number of amides is 1. The Hall–Kier alpha value is -2.25. The molecule has 0 aromatic heterocycles. The molecule has 1 aliphatic heterocycles. The lowest BCUT2D eigenvalue weighted by Gasteiger charge is -2.21. The zero-order valence-corrected chi connectivity index (χ0v) is 16.0. The fourth-order valence-electron chi connectivity index (χ4n) is 2.81. The monoisotopic (exact) mass is 394 g/mol. The second-order valence-corrected chi connectivity index (χ2v) is 8.54. The van der Waals surface area contributed by atoms with Crippen molar-refractivity contribution in [2.45, 2.75) is 19.4 Å². The highest BCUT2D eigenvalue weighted by atomic mass is 35.5. The molecule has 0 bridgehead atoms. The Balaban J connectivity index is 1.88. The number of sulfonamides is 1. The summed E-state index contributed by atoms with van der Waals surface area (Å²) in [5, 5.41) is 3.27. The zero-order chi connectivity index (χ0) is 18.9. The van der Waals surface area contributed by atoms with Gasteiger partial charge in [-0.15, -0.1) is 0 Å². The van der Waals surface area contributed by atoms with Crippen molar-refractivity contribution in [2.75, 3.05) is 22.4 Å². The van der Waals surface area contributed by atoms with Crippen LogP contribution in [0.2, 0.25) is 5.02 Å². The molecule has 2 aromatic carbocycles. The van der Waals surface area contributed by atoms with Gasteiger partial charge in [-0.2, -0.15) is 0 Å². The van der Waals surface area contributed by atoms with Crippen LogP contribution in [0.3, 0.4) is 0 Å². The molecular formula is C18H19ClN2O4S. The minimum Gasteiger partial charge on any atom is -0.478 e. The molecule has 138 valence electrons. The van der Waals surface area contributed by atoms with E-state index in [1.54, 1.807) is 36.4 Å². The maximum absolute atomic E-state index is 12.6. The SMILES string of the molecule is Cc1ccc2c(c1)N(S(C)(=O)=O)CC[C@H](C(=O)Nc1cccc(Cl)c1)O2. The quantitative estimate of drug-likeness (QED) is 0.867. The van der Waals surface area contributed by atoms with Crippen molar-refractivity contribution in [3.8, 4) is 5.75 Å². The smallest absolute Gasteiger partial charge is 0.265 e. The van der Waals surface area contributed by atoms with Gasteiger partial charge in [0.1, 0.15) is 5.75 Å². The van der Waals surface area contributed by atoms with Gasteiger partial charge >= 0.3 is 0 Å². The fraction of sp³-hybridized carbons (Fsp3) is 0.278. The summed E-state index contributed by atoms with van der Waals surface area (Å²) in [4.78, 5) is 12.6. The van der Waals surface area contributed by atoms with Crippen LogP contribution in [0.1, 0.15) is 12.0 Å². The largest absolute Gasteiger partial charge is 0.478 e. The molecule has 0 aliphatic carbocycles. The molecule has 0 spiro atoms. The van der Waals surface area contributed by atoms with Crippen LogP contribution in [0.4, 0.5) is 11.4 Å². The Morgan fingerprint density at radius 2 is 2.04 bits per heavy atom. The van der Waals surface area contributed by atoms with Crippen LogP contribution >= 0.6 is 11.6 Å². The molecule has 26 heavy (non-hydrogen) atoms. The maximum atomic E-state index is 12.6. The first kappa shape index (κ1) is 18.5. The van der Waals surface area contributed by atoms with Crippen LogP contribution in [0, 0.1) is 6.92 Å². The van der Waals surface area contributed by atoms with Crippen molar-refractivity contribution < 1.29 is 17.9 Å². The van der Waals surface area contributed by atoms with E-state index in [-0.39, 0.29) is 18.9 Å². The van der Waals surface area contributed by atoms with Gasteiger partial charge in [0.2, 0.25) is 10.0 Å². The Labute approximate surface area is 157 Å². The number of hydrogen-bond donors (Lipinski definition) is 1. The molecule has 1 aliphatic rings. The number of carbonyl (C=O) groups excluding carboxylic acids is 1. The van der Waals surface area contributed by atoms with Gasteiger partial charge in [-0.05, 0) is 42.8 Å². The number of carbonyl (C=O) groups is 1. The summed E-state index contributed by atoms with van der Waals surface area (Å²) in [5.41, 5.74) is 1.91.